The van der Waals surface area contributed by atoms with Crippen LogP contribution in [0.15, 0.2) is 24.5 Å². The number of hydrogen-bond acceptors (Lipinski definition) is 3. The zero-order valence-corrected chi connectivity index (χ0v) is 14.8. The minimum Gasteiger partial charge on any atom is -0.326 e. The summed E-state index contributed by atoms with van der Waals surface area (Å²) in [6, 6.07) is 4.42. The quantitative estimate of drug-likeness (QED) is 0.858. The van der Waals surface area contributed by atoms with Crippen molar-refractivity contribution in [1.29, 1.82) is 0 Å². The van der Waals surface area contributed by atoms with Gasteiger partial charge in [-0.1, -0.05) is 6.92 Å². The summed E-state index contributed by atoms with van der Waals surface area (Å²) in [5.74, 6) is 2.01. The maximum absolute atomic E-state index is 12.4. The van der Waals surface area contributed by atoms with E-state index in [1.165, 1.54) is 38.5 Å². The van der Waals surface area contributed by atoms with E-state index in [-0.39, 0.29) is 11.8 Å². The van der Waals surface area contributed by atoms with E-state index < -0.39 is 0 Å². The summed E-state index contributed by atoms with van der Waals surface area (Å²) in [6.07, 6.45) is 13.2. The SMILES string of the molecule is CC1CCC(NC[C@H]2CC[C@H](C(=O)Nc3ccncc3)CC2)CC1. The highest BCUT2D eigenvalue weighted by atomic mass is 16.1. The predicted octanol–water partition coefficient (Wildman–Crippen LogP) is 3.99. The van der Waals surface area contributed by atoms with E-state index in [1.807, 2.05) is 12.1 Å². The molecule has 0 aromatic carbocycles. The fourth-order valence-corrected chi connectivity index (χ4v) is 4.11. The van der Waals surface area contributed by atoms with Crippen molar-refractivity contribution in [2.24, 2.45) is 17.8 Å². The average Bonchev–Trinajstić information content (AvgIpc) is 2.62. The number of pyridine rings is 1. The van der Waals surface area contributed by atoms with Gasteiger partial charge in [0.1, 0.15) is 0 Å². The van der Waals surface area contributed by atoms with Crippen molar-refractivity contribution >= 4 is 11.6 Å². The highest BCUT2D eigenvalue weighted by Crippen LogP contribution is 2.30. The second-order valence-corrected chi connectivity index (χ2v) is 7.81. The minimum absolute atomic E-state index is 0.171. The van der Waals surface area contributed by atoms with Gasteiger partial charge >= 0.3 is 0 Å². The number of nitrogens with zero attached hydrogens (tertiary/aromatic N) is 1. The van der Waals surface area contributed by atoms with Crippen molar-refractivity contribution in [3.05, 3.63) is 24.5 Å². The molecule has 3 rings (SSSR count). The van der Waals surface area contributed by atoms with Gasteiger partial charge in [0, 0.05) is 30.0 Å². The first-order chi connectivity index (χ1) is 11.7. The molecule has 0 atom stereocenters. The van der Waals surface area contributed by atoms with Crippen LogP contribution in [0, 0.1) is 17.8 Å². The van der Waals surface area contributed by atoms with Crippen LogP contribution in [0.1, 0.15) is 58.3 Å². The van der Waals surface area contributed by atoms with Crippen LogP contribution in [0.4, 0.5) is 5.69 Å². The number of aromatic nitrogens is 1. The van der Waals surface area contributed by atoms with E-state index in [0.717, 1.165) is 43.0 Å². The van der Waals surface area contributed by atoms with Gasteiger partial charge in [-0.25, -0.2) is 0 Å². The zero-order chi connectivity index (χ0) is 16.8. The summed E-state index contributed by atoms with van der Waals surface area (Å²) in [4.78, 5) is 16.3. The van der Waals surface area contributed by atoms with Crippen LogP contribution in [-0.4, -0.2) is 23.5 Å². The molecule has 1 aromatic heterocycles. The Morgan fingerprint density at radius 3 is 2.38 bits per heavy atom. The highest BCUT2D eigenvalue weighted by molar-refractivity contribution is 5.92. The van der Waals surface area contributed by atoms with Crippen LogP contribution in [0.3, 0.4) is 0 Å². The van der Waals surface area contributed by atoms with Gasteiger partial charge in [-0.3, -0.25) is 9.78 Å². The summed E-state index contributed by atoms with van der Waals surface area (Å²) in [6.45, 7) is 3.51. The van der Waals surface area contributed by atoms with Crippen LogP contribution in [0.2, 0.25) is 0 Å². The summed E-state index contributed by atoms with van der Waals surface area (Å²) in [5.41, 5.74) is 0.852. The van der Waals surface area contributed by atoms with Gasteiger partial charge in [-0.2, -0.15) is 0 Å². The first-order valence-corrected chi connectivity index (χ1v) is 9.65. The third-order valence-electron chi connectivity index (χ3n) is 5.88. The normalized spacial score (nSPS) is 30.7. The molecule has 0 saturated heterocycles. The maximum Gasteiger partial charge on any atom is 0.227 e. The van der Waals surface area contributed by atoms with Gasteiger partial charge in [0.2, 0.25) is 5.91 Å². The van der Waals surface area contributed by atoms with Gasteiger partial charge in [0.25, 0.3) is 0 Å². The molecule has 0 aliphatic heterocycles. The average molecular weight is 329 g/mol. The van der Waals surface area contributed by atoms with Crippen molar-refractivity contribution in [2.45, 2.75) is 64.3 Å². The molecule has 2 N–H and O–H groups in total. The number of carbonyl (C=O) groups is 1. The molecule has 0 bridgehead atoms. The van der Waals surface area contributed by atoms with Gasteiger partial charge in [-0.15, -0.1) is 0 Å². The molecule has 1 heterocycles. The van der Waals surface area contributed by atoms with E-state index in [0.29, 0.717) is 0 Å². The molecule has 2 fully saturated rings. The smallest absolute Gasteiger partial charge is 0.227 e. The summed E-state index contributed by atoms with van der Waals surface area (Å²) in [5, 5.41) is 6.81. The molecule has 4 nitrogen and oxygen atoms in total. The van der Waals surface area contributed by atoms with Gasteiger partial charge in [0.05, 0.1) is 0 Å². The third-order valence-corrected chi connectivity index (χ3v) is 5.88. The Labute approximate surface area is 145 Å². The van der Waals surface area contributed by atoms with Crippen LogP contribution in [0.25, 0.3) is 0 Å². The number of carbonyl (C=O) groups excluding carboxylic acids is 1. The topological polar surface area (TPSA) is 54.0 Å². The summed E-state index contributed by atoms with van der Waals surface area (Å²) >= 11 is 0. The molecule has 2 aliphatic carbocycles. The fourth-order valence-electron chi connectivity index (χ4n) is 4.11. The lowest BCUT2D eigenvalue weighted by atomic mass is 9.81. The molecule has 1 aromatic rings. The molecule has 2 saturated carbocycles. The summed E-state index contributed by atoms with van der Waals surface area (Å²) in [7, 11) is 0. The molecule has 24 heavy (non-hydrogen) atoms. The molecule has 0 radical (unpaired) electrons. The Balaban J connectivity index is 1.35. The molecule has 0 spiro atoms. The van der Waals surface area contributed by atoms with Gasteiger partial charge < -0.3 is 10.6 Å². The third kappa shape index (κ3) is 5.04. The molecular formula is C20H31N3O. The number of hydrogen-bond donors (Lipinski definition) is 2. The zero-order valence-electron chi connectivity index (χ0n) is 14.8. The number of anilines is 1. The van der Waals surface area contributed by atoms with Crippen molar-refractivity contribution in [3.8, 4) is 0 Å². The Morgan fingerprint density at radius 2 is 1.71 bits per heavy atom. The van der Waals surface area contributed by atoms with Crippen molar-refractivity contribution in [1.82, 2.24) is 10.3 Å². The first-order valence-electron chi connectivity index (χ1n) is 9.65. The number of amides is 1. The van der Waals surface area contributed by atoms with Crippen LogP contribution in [-0.2, 0) is 4.79 Å². The second kappa shape index (κ2) is 8.61. The largest absolute Gasteiger partial charge is 0.326 e. The predicted molar refractivity (Wildman–Crippen MR) is 97.7 cm³/mol. The highest BCUT2D eigenvalue weighted by Gasteiger charge is 2.27. The Bertz CT molecular complexity index is 503. The molecule has 1 amide bonds. The van der Waals surface area contributed by atoms with E-state index in [1.54, 1.807) is 12.4 Å². The molecular weight excluding hydrogens is 298 g/mol. The fraction of sp³-hybridized carbons (Fsp3) is 0.700. The minimum atomic E-state index is 0.171. The first kappa shape index (κ1) is 17.4. The van der Waals surface area contributed by atoms with Gasteiger partial charge in [0.15, 0.2) is 0 Å². The lowest BCUT2D eigenvalue weighted by molar-refractivity contribution is -0.121. The van der Waals surface area contributed by atoms with E-state index in [9.17, 15) is 4.79 Å². The Morgan fingerprint density at radius 1 is 1.04 bits per heavy atom. The van der Waals surface area contributed by atoms with E-state index >= 15 is 0 Å². The molecule has 4 heteroatoms. The lowest BCUT2D eigenvalue weighted by Gasteiger charge is -2.31. The molecule has 132 valence electrons. The maximum atomic E-state index is 12.4. The van der Waals surface area contributed by atoms with E-state index in [2.05, 4.69) is 22.5 Å². The van der Waals surface area contributed by atoms with Crippen molar-refractivity contribution in [3.63, 3.8) is 0 Å². The molecule has 2 aliphatic rings. The number of nitrogens with one attached hydrogen (secondary N) is 2. The number of rotatable bonds is 5. The monoisotopic (exact) mass is 329 g/mol. The standard InChI is InChI=1S/C20H31N3O/c1-15-2-8-18(9-3-15)22-14-16-4-6-17(7-5-16)20(24)23-19-10-12-21-13-11-19/h10-13,15-18,22H,2-9,14H2,1H3,(H,21,23,24)/t15?,16-,17-,18?. The van der Waals surface area contributed by atoms with Crippen LogP contribution < -0.4 is 10.6 Å². The van der Waals surface area contributed by atoms with E-state index in [4.69, 9.17) is 0 Å². The van der Waals surface area contributed by atoms with Crippen molar-refractivity contribution in [2.75, 3.05) is 11.9 Å². The molecule has 0 unspecified atom stereocenters. The summed E-state index contributed by atoms with van der Waals surface area (Å²) < 4.78 is 0. The lowest BCUT2D eigenvalue weighted by Crippen LogP contribution is -2.37. The van der Waals surface area contributed by atoms with Crippen molar-refractivity contribution < 1.29 is 4.79 Å². The Hall–Kier alpha value is -1.42. The van der Waals surface area contributed by atoms with Gasteiger partial charge in [-0.05, 0) is 81.9 Å². The Kier molecular flexibility index (Phi) is 6.24. The van der Waals surface area contributed by atoms with Crippen LogP contribution >= 0.6 is 0 Å². The van der Waals surface area contributed by atoms with Crippen LogP contribution in [0.5, 0.6) is 0 Å². The second-order valence-electron chi connectivity index (χ2n) is 7.81.